The summed E-state index contributed by atoms with van der Waals surface area (Å²) >= 11 is 0. The minimum absolute atomic E-state index is 0.589. The van der Waals surface area contributed by atoms with Crippen molar-refractivity contribution >= 4 is 11.6 Å². The topological polar surface area (TPSA) is 41.0 Å². The average molecular weight is 260 g/mol. The van der Waals surface area contributed by atoms with Gasteiger partial charge in [-0.3, -0.25) is 0 Å². The van der Waals surface area contributed by atoms with Gasteiger partial charge in [-0.25, -0.2) is 9.97 Å². The summed E-state index contributed by atoms with van der Waals surface area (Å²) in [5.41, 5.74) is 0. The van der Waals surface area contributed by atoms with Crippen LogP contribution in [0, 0.1) is 5.92 Å². The molecule has 2 atom stereocenters. The van der Waals surface area contributed by atoms with Crippen LogP contribution in [-0.4, -0.2) is 29.1 Å². The molecule has 1 aromatic heterocycles. The highest BCUT2D eigenvalue weighted by Gasteiger charge is 2.31. The zero-order valence-electron chi connectivity index (χ0n) is 12.2. The van der Waals surface area contributed by atoms with Gasteiger partial charge in [-0.15, -0.1) is 0 Å². The van der Waals surface area contributed by atoms with Crippen LogP contribution in [0.3, 0.4) is 0 Å². The van der Waals surface area contributed by atoms with E-state index in [0.29, 0.717) is 12.0 Å². The molecule has 0 bridgehead atoms. The number of hydrogen-bond acceptors (Lipinski definition) is 4. The Hall–Kier alpha value is -1.32. The second-order valence-electron chi connectivity index (χ2n) is 6.12. The first kappa shape index (κ1) is 12.7. The van der Waals surface area contributed by atoms with Gasteiger partial charge in [0.25, 0.3) is 0 Å². The predicted octanol–water partition coefficient (Wildman–Crippen LogP) is 3.02. The second-order valence-corrected chi connectivity index (χ2v) is 6.12. The van der Waals surface area contributed by atoms with Crippen molar-refractivity contribution in [1.82, 2.24) is 9.97 Å². The van der Waals surface area contributed by atoms with Gasteiger partial charge in [-0.05, 0) is 39.0 Å². The highest BCUT2D eigenvalue weighted by atomic mass is 15.2. The lowest BCUT2D eigenvalue weighted by Crippen LogP contribution is -2.28. The fourth-order valence-corrected chi connectivity index (χ4v) is 3.01. The fraction of sp³-hybridized carbons (Fsp3) is 0.733. The summed E-state index contributed by atoms with van der Waals surface area (Å²) in [6, 6.07) is 2.70. The summed E-state index contributed by atoms with van der Waals surface area (Å²) in [5, 5.41) is 3.34. The van der Waals surface area contributed by atoms with E-state index in [4.69, 9.17) is 4.98 Å². The largest absolute Gasteiger partial charge is 0.370 e. The maximum atomic E-state index is 4.82. The van der Waals surface area contributed by atoms with E-state index in [1.54, 1.807) is 0 Å². The molecule has 4 heteroatoms. The molecule has 0 amide bonds. The van der Waals surface area contributed by atoms with Crippen LogP contribution in [-0.2, 0) is 0 Å². The Morgan fingerprint density at radius 3 is 2.68 bits per heavy atom. The van der Waals surface area contributed by atoms with Crippen molar-refractivity contribution in [1.29, 1.82) is 0 Å². The molecule has 0 aromatic carbocycles. The first-order valence-corrected chi connectivity index (χ1v) is 7.57. The van der Waals surface area contributed by atoms with E-state index in [0.717, 1.165) is 36.5 Å². The number of nitrogens with one attached hydrogen (secondary N) is 1. The van der Waals surface area contributed by atoms with E-state index in [-0.39, 0.29) is 0 Å². The van der Waals surface area contributed by atoms with Crippen molar-refractivity contribution < 1.29 is 0 Å². The molecular weight excluding hydrogens is 236 g/mol. The number of anilines is 2. The number of aromatic nitrogens is 2. The molecule has 0 spiro atoms. The molecule has 2 aliphatic rings. The molecule has 2 fully saturated rings. The van der Waals surface area contributed by atoms with Crippen LogP contribution in [0.5, 0.6) is 0 Å². The molecule has 2 heterocycles. The summed E-state index contributed by atoms with van der Waals surface area (Å²) in [6.45, 7) is 8.76. The summed E-state index contributed by atoms with van der Waals surface area (Å²) in [7, 11) is 0. The Balaban J connectivity index is 1.90. The van der Waals surface area contributed by atoms with Gasteiger partial charge in [0.2, 0.25) is 0 Å². The molecule has 1 N–H and O–H groups in total. The lowest BCUT2D eigenvalue weighted by Gasteiger charge is -2.23. The van der Waals surface area contributed by atoms with Crippen molar-refractivity contribution in [3.05, 3.63) is 11.9 Å². The Labute approximate surface area is 115 Å². The Bertz CT molecular complexity index is 455. The Kier molecular flexibility index (Phi) is 3.33. The van der Waals surface area contributed by atoms with E-state index in [1.807, 2.05) is 0 Å². The highest BCUT2D eigenvalue weighted by molar-refractivity contribution is 5.51. The van der Waals surface area contributed by atoms with Crippen molar-refractivity contribution in [2.75, 3.05) is 23.3 Å². The molecule has 19 heavy (non-hydrogen) atoms. The lowest BCUT2D eigenvalue weighted by molar-refractivity contribution is 0.625. The van der Waals surface area contributed by atoms with E-state index in [2.05, 4.69) is 42.0 Å². The fourth-order valence-electron chi connectivity index (χ4n) is 3.01. The van der Waals surface area contributed by atoms with Crippen molar-refractivity contribution in [2.24, 2.45) is 5.92 Å². The molecule has 2 unspecified atom stereocenters. The molecule has 1 aliphatic heterocycles. The zero-order valence-corrected chi connectivity index (χ0v) is 12.2. The molecular formula is C15H24N4. The molecule has 1 saturated heterocycles. The van der Waals surface area contributed by atoms with Crippen molar-refractivity contribution in [3.63, 3.8) is 0 Å². The van der Waals surface area contributed by atoms with Gasteiger partial charge >= 0.3 is 0 Å². The third-order valence-corrected chi connectivity index (χ3v) is 4.11. The minimum Gasteiger partial charge on any atom is -0.370 e. The van der Waals surface area contributed by atoms with E-state index in [9.17, 15) is 0 Å². The first-order chi connectivity index (χ1) is 9.17. The van der Waals surface area contributed by atoms with E-state index >= 15 is 0 Å². The SMILES string of the molecule is CCNc1cc(N2CC(C)CC2C)nc(C2CC2)n1. The van der Waals surface area contributed by atoms with Gasteiger partial charge < -0.3 is 10.2 Å². The van der Waals surface area contributed by atoms with Gasteiger partial charge in [0.1, 0.15) is 17.5 Å². The van der Waals surface area contributed by atoms with Gasteiger partial charge in [0.05, 0.1) is 0 Å². The zero-order chi connectivity index (χ0) is 13.4. The summed E-state index contributed by atoms with van der Waals surface area (Å²) in [6.07, 6.45) is 3.77. The van der Waals surface area contributed by atoms with Gasteiger partial charge in [0, 0.05) is 31.1 Å². The minimum atomic E-state index is 0.589. The van der Waals surface area contributed by atoms with Crippen LogP contribution in [0.25, 0.3) is 0 Å². The summed E-state index contributed by atoms with van der Waals surface area (Å²) < 4.78 is 0. The Morgan fingerprint density at radius 1 is 1.32 bits per heavy atom. The lowest BCUT2D eigenvalue weighted by atomic mass is 10.1. The molecule has 0 radical (unpaired) electrons. The first-order valence-electron chi connectivity index (χ1n) is 7.57. The molecule has 1 aliphatic carbocycles. The normalized spacial score (nSPS) is 26.8. The van der Waals surface area contributed by atoms with Crippen LogP contribution in [0.15, 0.2) is 6.07 Å². The maximum absolute atomic E-state index is 4.82. The van der Waals surface area contributed by atoms with Crippen LogP contribution in [0.4, 0.5) is 11.6 Å². The quantitative estimate of drug-likeness (QED) is 0.903. The number of rotatable bonds is 4. The highest BCUT2D eigenvalue weighted by Crippen LogP contribution is 2.39. The van der Waals surface area contributed by atoms with Crippen LogP contribution in [0.1, 0.15) is 51.8 Å². The number of nitrogens with zero attached hydrogens (tertiary/aromatic N) is 3. The molecule has 1 aromatic rings. The third-order valence-electron chi connectivity index (χ3n) is 4.11. The van der Waals surface area contributed by atoms with Crippen molar-refractivity contribution in [2.45, 2.75) is 52.0 Å². The average Bonchev–Trinajstić information content (AvgIpc) is 3.15. The third kappa shape index (κ3) is 2.67. The molecule has 104 valence electrons. The second kappa shape index (κ2) is 4.99. The van der Waals surface area contributed by atoms with Crippen LogP contribution >= 0.6 is 0 Å². The van der Waals surface area contributed by atoms with Crippen LogP contribution in [0.2, 0.25) is 0 Å². The predicted molar refractivity (Wildman–Crippen MR) is 78.8 cm³/mol. The molecule has 1 saturated carbocycles. The summed E-state index contributed by atoms with van der Waals surface area (Å²) in [4.78, 5) is 11.9. The Morgan fingerprint density at radius 2 is 2.11 bits per heavy atom. The summed E-state index contributed by atoms with van der Waals surface area (Å²) in [5.74, 6) is 4.51. The number of hydrogen-bond donors (Lipinski definition) is 1. The smallest absolute Gasteiger partial charge is 0.136 e. The molecule has 3 rings (SSSR count). The van der Waals surface area contributed by atoms with Crippen molar-refractivity contribution in [3.8, 4) is 0 Å². The standard InChI is InChI=1S/C15H24N4/c1-4-16-13-8-14(18-15(17-13)12-5-6-12)19-9-10(2)7-11(19)3/h8,10-12H,4-7,9H2,1-3H3,(H,16,17,18). The maximum Gasteiger partial charge on any atom is 0.136 e. The van der Waals surface area contributed by atoms with Gasteiger partial charge in [-0.1, -0.05) is 6.92 Å². The van der Waals surface area contributed by atoms with Gasteiger partial charge in [-0.2, -0.15) is 0 Å². The monoisotopic (exact) mass is 260 g/mol. The van der Waals surface area contributed by atoms with E-state index in [1.165, 1.54) is 19.3 Å². The van der Waals surface area contributed by atoms with Crippen LogP contribution < -0.4 is 10.2 Å². The van der Waals surface area contributed by atoms with Gasteiger partial charge in [0.15, 0.2) is 0 Å². The molecule has 4 nitrogen and oxygen atoms in total. The van der Waals surface area contributed by atoms with E-state index < -0.39 is 0 Å².